The van der Waals surface area contributed by atoms with Gasteiger partial charge in [-0.1, -0.05) is 0 Å². The maximum atomic E-state index is 13.4. The molecule has 4 rings (SSSR count). The molecule has 2 aliphatic rings. The van der Waals surface area contributed by atoms with Crippen molar-refractivity contribution in [2.75, 3.05) is 19.5 Å². The summed E-state index contributed by atoms with van der Waals surface area (Å²) in [5, 5.41) is 10.4. The first-order chi connectivity index (χ1) is 18.1. The number of rotatable bonds is 9. The first-order valence-corrected chi connectivity index (χ1v) is 12.6. The number of ether oxygens (including phenoxy) is 3. The zero-order valence-electron chi connectivity index (χ0n) is 20.9. The molecule has 1 saturated heterocycles. The van der Waals surface area contributed by atoms with Gasteiger partial charge in [0, 0.05) is 0 Å². The molecule has 38 heavy (non-hydrogen) atoms. The molecule has 11 nitrogen and oxygen atoms in total. The van der Waals surface area contributed by atoms with Crippen LogP contribution in [-0.4, -0.2) is 80.7 Å². The summed E-state index contributed by atoms with van der Waals surface area (Å²) in [4.78, 5) is 54.2. The van der Waals surface area contributed by atoms with E-state index in [1.807, 2.05) is 0 Å². The van der Waals surface area contributed by atoms with Gasteiger partial charge in [0.25, 0.3) is 0 Å². The molecular weight excluding hydrogens is 509 g/mol. The maximum absolute atomic E-state index is 13.4. The van der Waals surface area contributed by atoms with Crippen LogP contribution in [0.1, 0.15) is 18.1 Å². The molecule has 0 aliphatic carbocycles. The number of fused-ring (bicyclic) bond motifs is 1. The third kappa shape index (κ3) is 5.62. The van der Waals surface area contributed by atoms with E-state index in [0.717, 1.165) is 5.56 Å². The van der Waals surface area contributed by atoms with E-state index in [0.29, 0.717) is 22.6 Å². The van der Waals surface area contributed by atoms with Crippen molar-refractivity contribution in [3.63, 3.8) is 0 Å². The second kappa shape index (κ2) is 11.4. The van der Waals surface area contributed by atoms with Gasteiger partial charge >= 0.3 is 225 Å². The number of hydrogen-bond donors (Lipinski definition) is 0. The molecule has 0 N–H and O–H groups in total. The fourth-order valence-electron chi connectivity index (χ4n) is 4.01. The molecule has 2 aliphatic heterocycles. The average molecular weight is 531 g/mol. The number of carbonyl (C=O) groups excluding carboxylic acids is 3. The first-order valence-electron chi connectivity index (χ1n) is 11.5. The number of nitro groups is 1. The molecule has 2 aromatic carbocycles. The number of aliphatic imine (C=N–C) groups is 1. The predicted molar refractivity (Wildman–Crippen MR) is 139 cm³/mol. The van der Waals surface area contributed by atoms with Crippen LogP contribution in [0.4, 0.5) is 5.69 Å². The summed E-state index contributed by atoms with van der Waals surface area (Å²) >= 11 is 3.07. The molecule has 2 atom stereocenters. The Morgan fingerprint density at radius 3 is 2.47 bits per heavy atom. The molecule has 1 amide bonds. The third-order valence-electron chi connectivity index (χ3n) is 6.12. The number of esters is 2. The Hall–Kier alpha value is -3.59. The predicted octanol–water partition coefficient (Wildman–Crippen LogP) is 2.36. The Labute approximate surface area is 231 Å². The van der Waals surface area contributed by atoms with Gasteiger partial charge in [-0.2, -0.15) is 0 Å². The van der Waals surface area contributed by atoms with Crippen LogP contribution in [0.2, 0.25) is 0 Å². The van der Waals surface area contributed by atoms with Crippen molar-refractivity contribution in [2.45, 2.75) is 23.1 Å². The average Bonchev–Trinajstić information content (AvgIpc) is 2.93. The SMILES string of the molecule is [Li][C@@]1(N=Cc2ccc([N+](=O)[O-])cc2)C(=O)N2C(C(=O)OCc3ccc(OC)cc3)=C(COC(C)=O)CS[C@@H]21. The van der Waals surface area contributed by atoms with Crippen molar-refractivity contribution in [2.24, 2.45) is 4.99 Å². The molecule has 2 heterocycles. The Bertz CT molecular complexity index is 1330. The van der Waals surface area contributed by atoms with Gasteiger partial charge in [-0.05, 0) is 0 Å². The summed E-state index contributed by atoms with van der Waals surface area (Å²) < 4.78 is 14.6. The van der Waals surface area contributed by atoms with Crippen LogP contribution in [0.15, 0.2) is 64.8 Å². The number of non-ortho nitro benzene ring substituents is 1. The molecule has 0 saturated carbocycles. The summed E-state index contributed by atoms with van der Waals surface area (Å²) in [6.45, 7) is 1.09. The monoisotopic (exact) mass is 531 g/mol. The number of methoxy groups -OCH3 is 1. The Morgan fingerprint density at radius 1 is 1.18 bits per heavy atom. The second-order valence-electron chi connectivity index (χ2n) is 8.75. The van der Waals surface area contributed by atoms with Crippen molar-refractivity contribution >= 4 is 59.2 Å². The molecule has 2 aromatic rings. The number of hydrogen-bond acceptors (Lipinski definition) is 10. The minimum atomic E-state index is -1.17. The Kier molecular flexibility index (Phi) is 8.25. The quantitative estimate of drug-likeness (QED) is 0.119. The number of carbonyl (C=O) groups is 3. The van der Waals surface area contributed by atoms with Gasteiger partial charge in [-0.15, -0.1) is 0 Å². The van der Waals surface area contributed by atoms with Crippen LogP contribution in [-0.2, 0) is 30.5 Å². The number of thioether (sulfide) groups is 1. The van der Waals surface area contributed by atoms with Crippen LogP contribution < -0.4 is 4.74 Å². The van der Waals surface area contributed by atoms with Crippen LogP contribution >= 0.6 is 11.8 Å². The summed E-state index contributed by atoms with van der Waals surface area (Å²) in [5.74, 6) is -0.633. The number of amides is 1. The summed E-state index contributed by atoms with van der Waals surface area (Å²) in [6, 6.07) is 12.8. The molecule has 0 bridgehead atoms. The van der Waals surface area contributed by atoms with Crippen molar-refractivity contribution in [3.8, 4) is 5.75 Å². The van der Waals surface area contributed by atoms with Gasteiger partial charge in [0.05, 0.1) is 7.11 Å². The topological polar surface area (TPSA) is 138 Å². The zero-order valence-corrected chi connectivity index (χ0v) is 21.7. The number of β-lactam (4-membered cyclic amide) rings is 1. The zero-order chi connectivity index (χ0) is 27.4. The third-order valence-corrected chi connectivity index (χ3v) is 7.62. The Morgan fingerprint density at radius 2 is 1.87 bits per heavy atom. The van der Waals surface area contributed by atoms with E-state index < -0.39 is 32.4 Å². The van der Waals surface area contributed by atoms with Crippen LogP contribution in [0.5, 0.6) is 5.75 Å². The van der Waals surface area contributed by atoms with E-state index >= 15 is 0 Å². The van der Waals surface area contributed by atoms with E-state index in [4.69, 9.17) is 14.2 Å². The second-order valence-corrected chi connectivity index (χ2v) is 9.82. The van der Waals surface area contributed by atoms with E-state index in [2.05, 4.69) is 4.99 Å². The Balaban J connectivity index is 1.54. The van der Waals surface area contributed by atoms with Gasteiger partial charge in [0.1, 0.15) is 0 Å². The van der Waals surface area contributed by atoms with Gasteiger partial charge in [-0.25, -0.2) is 0 Å². The minimum absolute atomic E-state index is 0.0252. The first kappa shape index (κ1) is 27.4. The summed E-state index contributed by atoms with van der Waals surface area (Å²) in [5.41, 5.74) is 1.79. The van der Waals surface area contributed by atoms with E-state index in [1.54, 1.807) is 61.2 Å². The molecule has 192 valence electrons. The van der Waals surface area contributed by atoms with Crippen LogP contribution in [0.3, 0.4) is 0 Å². The van der Waals surface area contributed by atoms with E-state index in [1.165, 1.54) is 41.9 Å². The van der Waals surface area contributed by atoms with E-state index in [9.17, 15) is 24.5 Å². The standard InChI is InChI=1S/C25H22N3O8S.Li/c1-15(29)35-13-18-14-37-24-21(26-11-16-3-7-19(8-4-16)28(32)33)23(30)27(24)22(18)25(31)36-12-17-5-9-20(34-2)10-6-17;/h3-11,24H,12-14H2,1-2H3;/t24-;/m1./s1. The number of nitro benzene ring substituents is 1. The fourth-order valence-corrected chi connectivity index (χ4v) is 5.42. The van der Waals surface area contributed by atoms with Gasteiger partial charge in [0.15, 0.2) is 0 Å². The van der Waals surface area contributed by atoms with Gasteiger partial charge in [-0.3, -0.25) is 0 Å². The number of nitrogens with zero attached hydrogens (tertiary/aromatic N) is 3. The van der Waals surface area contributed by atoms with Crippen molar-refractivity contribution in [1.82, 2.24) is 4.90 Å². The van der Waals surface area contributed by atoms with Crippen LogP contribution in [0, 0.1) is 10.1 Å². The van der Waals surface area contributed by atoms with Crippen molar-refractivity contribution < 1.29 is 33.5 Å². The summed E-state index contributed by atoms with van der Waals surface area (Å²) in [6.07, 6.45) is 1.49. The molecule has 0 spiro atoms. The van der Waals surface area contributed by atoms with E-state index in [-0.39, 0.29) is 24.6 Å². The molecule has 13 heteroatoms. The van der Waals surface area contributed by atoms with Gasteiger partial charge in [0.2, 0.25) is 0 Å². The molecule has 1 fully saturated rings. The molecular formula is C25H22LiN3O8S. The van der Waals surface area contributed by atoms with Crippen LogP contribution in [0.25, 0.3) is 0 Å². The van der Waals surface area contributed by atoms with Crippen molar-refractivity contribution in [3.05, 3.63) is 81.0 Å². The molecule has 0 radical (unpaired) electrons. The van der Waals surface area contributed by atoms with Crippen molar-refractivity contribution in [1.29, 1.82) is 0 Å². The number of benzene rings is 2. The van der Waals surface area contributed by atoms with Gasteiger partial charge < -0.3 is 0 Å². The molecule has 0 unspecified atom stereocenters. The normalized spacial score (nSPS) is 20.6. The summed E-state index contributed by atoms with van der Waals surface area (Å²) in [7, 11) is 1.55. The molecule has 0 aromatic heterocycles. The fraction of sp³-hybridized carbons (Fsp3) is 0.280.